The Balaban J connectivity index is 1.73. The van der Waals surface area contributed by atoms with Crippen LogP contribution in [0, 0.1) is 11.8 Å². The summed E-state index contributed by atoms with van der Waals surface area (Å²) < 4.78 is 0. The van der Waals surface area contributed by atoms with Gasteiger partial charge in [-0.1, -0.05) is 0 Å². The summed E-state index contributed by atoms with van der Waals surface area (Å²) >= 11 is 1.06. The Morgan fingerprint density at radius 2 is 2.16 bits per heavy atom. The molecule has 1 aromatic rings. The van der Waals surface area contributed by atoms with E-state index in [-0.39, 0.29) is 28.6 Å². The number of hydrogen-bond donors (Lipinski definition) is 2. The highest BCUT2D eigenvalue weighted by atomic mass is 32.1. The van der Waals surface area contributed by atoms with Gasteiger partial charge in [-0.2, -0.15) is 0 Å². The normalized spacial score (nSPS) is 29.5. The number of carbonyl (C=O) groups is 2. The largest absolute Gasteiger partial charge is 0.476 e. The summed E-state index contributed by atoms with van der Waals surface area (Å²) in [5.41, 5.74) is -0.0900. The predicted octanol–water partition coefficient (Wildman–Crippen LogP) is 0.684. The van der Waals surface area contributed by atoms with Crippen LogP contribution in [-0.4, -0.2) is 51.2 Å². The van der Waals surface area contributed by atoms with E-state index in [0.29, 0.717) is 19.0 Å². The fraction of sp³-hybridized carbons (Fsp3) is 0.583. The zero-order valence-electron chi connectivity index (χ0n) is 10.2. The van der Waals surface area contributed by atoms with Gasteiger partial charge >= 0.3 is 5.97 Å². The van der Waals surface area contributed by atoms with Gasteiger partial charge < -0.3 is 15.1 Å². The summed E-state index contributed by atoms with van der Waals surface area (Å²) in [5.74, 6) is -0.802. The molecule has 1 aromatic heterocycles. The van der Waals surface area contributed by atoms with Crippen molar-refractivity contribution in [3.05, 3.63) is 16.1 Å². The molecular formula is C12H14N2O4S. The molecule has 3 atom stereocenters. The van der Waals surface area contributed by atoms with E-state index >= 15 is 0 Å². The molecule has 0 spiro atoms. The third-order valence-electron chi connectivity index (χ3n) is 4.01. The fourth-order valence-electron chi connectivity index (χ4n) is 3.01. The van der Waals surface area contributed by atoms with Gasteiger partial charge in [0.15, 0.2) is 10.7 Å². The maximum absolute atomic E-state index is 12.2. The first-order valence-electron chi connectivity index (χ1n) is 6.22. The minimum Gasteiger partial charge on any atom is -0.476 e. The molecule has 1 amide bonds. The summed E-state index contributed by atoms with van der Waals surface area (Å²) in [4.78, 5) is 28.5. The lowest BCUT2D eigenvalue weighted by Gasteiger charge is -2.16. The first kappa shape index (κ1) is 12.6. The molecule has 0 radical (unpaired) electrons. The van der Waals surface area contributed by atoms with Crippen LogP contribution in [0.3, 0.4) is 0 Å². The van der Waals surface area contributed by atoms with Crippen LogP contribution in [-0.2, 0) is 0 Å². The molecule has 7 heteroatoms. The Bertz CT molecular complexity index is 530. The van der Waals surface area contributed by atoms with E-state index in [1.165, 1.54) is 5.38 Å². The first-order chi connectivity index (χ1) is 9.06. The first-order valence-corrected chi connectivity index (χ1v) is 7.10. The highest BCUT2D eigenvalue weighted by Crippen LogP contribution is 2.38. The number of thiazole rings is 1. The molecule has 19 heavy (non-hydrogen) atoms. The second-order valence-electron chi connectivity index (χ2n) is 5.12. The summed E-state index contributed by atoms with van der Waals surface area (Å²) in [7, 11) is 0. The standard InChI is InChI=1S/C12H14N2O4S/c15-9-2-1-6-3-14(4-7(6)9)11(16)10-13-8(5-19-10)12(17)18/h5-7,9,15H,1-4H2,(H,17,18). The van der Waals surface area contributed by atoms with Gasteiger partial charge in [0.1, 0.15) is 0 Å². The maximum atomic E-state index is 12.2. The van der Waals surface area contributed by atoms with Crippen LogP contribution >= 0.6 is 11.3 Å². The molecule has 0 aromatic carbocycles. The summed E-state index contributed by atoms with van der Waals surface area (Å²) in [6.45, 7) is 1.19. The molecular weight excluding hydrogens is 268 g/mol. The molecule has 2 fully saturated rings. The lowest BCUT2D eigenvalue weighted by atomic mass is 10.00. The molecule has 102 valence electrons. The van der Waals surface area contributed by atoms with E-state index in [1.807, 2.05) is 0 Å². The summed E-state index contributed by atoms with van der Waals surface area (Å²) in [6.07, 6.45) is 1.46. The Morgan fingerprint density at radius 3 is 2.79 bits per heavy atom. The monoisotopic (exact) mass is 282 g/mol. The number of aliphatic hydroxyl groups excluding tert-OH is 1. The van der Waals surface area contributed by atoms with E-state index in [9.17, 15) is 14.7 Å². The Hall–Kier alpha value is -1.47. The van der Waals surface area contributed by atoms with E-state index in [1.54, 1.807) is 4.90 Å². The van der Waals surface area contributed by atoms with Crippen molar-refractivity contribution >= 4 is 23.2 Å². The third kappa shape index (κ3) is 2.12. The van der Waals surface area contributed by atoms with Crippen LogP contribution in [0.1, 0.15) is 33.1 Å². The lowest BCUT2D eigenvalue weighted by molar-refractivity contribution is 0.0691. The average molecular weight is 282 g/mol. The minimum absolute atomic E-state index is 0.0900. The van der Waals surface area contributed by atoms with Gasteiger partial charge in [0.25, 0.3) is 5.91 Å². The summed E-state index contributed by atoms with van der Waals surface area (Å²) in [5, 5.41) is 20.2. The number of carboxylic acid groups (broad SMARTS) is 1. The quantitative estimate of drug-likeness (QED) is 0.832. The molecule has 6 nitrogen and oxygen atoms in total. The highest BCUT2D eigenvalue weighted by molar-refractivity contribution is 7.11. The number of aromatic carboxylic acids is 1. The molecule has 2 N–H and O–H groups in total. The van der Waals surface area contributed by atoms with Crippen LogP contribution in [0.5, 0.6) is 0 Å². The van der Waals surface area contributed by atoms with Gasteiger partial charge in [0, 0.05) is 24.4 Å². The van der Waals surface area contributed by atoms with E-state index in [0.717, 1.165) is 24.2 Å². The van der Waals surface area contributed by atoms with E-state index in [4.69, 9.17) is 5.11 Å². The van der Waals surface area contributed by atoms with Gasteiger partial charge in [-0.25, -0.2) is 9.78 Å². The van der Waals surface area contributed by atoms with Crippen LogP contribution in [0.2, 0.25) is 0 Å². The van der Waals surface area contributed by atoms with Gasteiger partial charge in [-0.15, -0.1) is 11.3 Å². The second-order valence-corrected chi connectivity index (χ2v) is 5.98. The number of nitrogens with zero attached hydrogens (tertiary/aromatic N) is 2. The molecule has 3 unspecified atom stereocenters. The third-order valence-corrected chi connectivity index (χ3v) is 4.84. The number of hydrogen-bond acceptors (Lipinski definition) is 5. The van der Waals surface area contributed by atoms with Crippen molar-refractivity contribution in [2.45, 2.75) is 18.9 Å². The fourth-order valence-corrected chi connectivity index (χ4v) is 3.77. The van der Waals surface area contributed by atoms with Crippen molar-refractivity contribution in [3.8, 4) is 0 Å². The SMILES string of the molecule is O=C(O)c1csc(C(=O)N2CC3CCC(O)C3C2)n1. The average Bonchev–Trinajstić information content (AvgIpc) is 3.05. The molecule has 2 heterocycles. The molecule has 1 saturated heterocycles. The predicted molar refractivity (Wildman–Crippen MR) is 67.2 cm³/mol. The Kier molecular flexibility index (Phi) is 3.02. The van der Waals surface area contributed by atoms with Crippen LogP contribution in [0.4, 0.5) is 0 Å². The van der Waals surface area contributed by atoms with Crippen molar-refractivity contribution in [2.75, 3.05) is 13.1 Å². The number of carbonyl (C=O) groups excluding carboxylic acids is 1. The van der Waals surface area contributed by atoms with Crippen molar-refractivity contribution in [3.63, 3.8) is 0 Å². The van der Waals surface area contributed by atoms with Crippen LogP contribution in [0.15, 0.2) is 5.38 Å². The number of aromatic nitrogens is 1. The second kappa shape index (κ2) is 4.57. The molecule has 0 bridgehead atoms. The van der Waals surface area contributed by atoms with Crippen molar-refractivity contribution < 1.29 is 19.8 Å². The molecule has 2 aliphatic rings. The Morgan fingerprint density at radius 1 is 1.37 bits per heavy atom. The van der Waals surface area contributed by atoms with Crippen LogP contribution in [0.25, 0.3) is 0 Å². The van der Waals surface area contributed by atoms with E-state index < -0.39 is 5.97 Å². The van der Waals surface area contributed by atoms with Crippen LogP contribution < -0.4 is 0 Å². The molecule has 1 aliphatic heterocycles. The van der Waals surface area contributed by atoms with Gasteiger partial charge in [0.05, 0.1) is 6.10 Å². The number of aliphatic hydroxyl groups is 1. The molecule has 3 rings (SSSR count). The smallest absolute Gasteiger partial charge is 0.355 e. The molecule has 1 aliphatic carbocycles. The Labute approximate surface area is 113 Å². The number of fused-ring (bicyclic) bond motifs is 1. The van der Waals surface area contributed by atoms with Gasteiger partial charge in [0.2, 0.25) is 0 Å². The summed E-state index contributed by atoms with van der Waals surface area (Å²) in [6, 6.07) is 0. The highest BCUT2D eigenvalue weighted by Gasteiger charge is 2.43. The number of carboxylic acids is 1. The molecule has 1 saturated carbocycles. The maximum Gasteiger partial charge on any atom is 0.355 e. The van der Waals surface area contributed by atoms with Gasteiger partial charge in [-0.05, 0) is 18.8 Å². The number of likely N-dealkylation sites (tertiary alicyclic amines) is 1. The minimum atomic E-state index is -1.12. The zero-order chi connectivity index (χ0) is 13.6. The number of rotatable bonds is 2. The lowest BCUT2D eigenvalue weighted by Crippen LogP contribution is -2.31. The van der Waals surface area contributed by atoms with Crippen molar-refractivity contribution in [1.82, 2.24) is 9.88 Å². The number of amides is 1. The topological polar surface area (TPSA) is 90.7 Å². The van der Waals surface area contributed by atoms with Gasteiger partial charge in [-0.3, -0.25) is 4.79 Å². The zero-order valence-corrected chi connectivity index (χ0v) is 11.0. The van der Waals surface area contributed by atoms with Crippen molar-refractivity contribution in [1.29, 1.82) is 0 Å². The van der Waals surface area contributed by atoms with Crippen molar-refractivity contribution in [2.24, 2.45) is 11.8 Å². The van der Waals surface area contributed by atoms with E-state index in [2.05, 4.69) is 4.98 Å².